The van der Waals surface area contributed by atoms with Gasteiger partial charge in [-0.2, -0.15) is 0 Å². The molecule has 2 aromatic heterocycles. The summed E-state index contributed by atoms with van der Waals surface area (Å²) in [7, 11) is 0. The Morgan fingerprint density at radius 1 is 0.841 bits per heavy atom. The molecule has 0 aliphatic carbocycles. The van der Waals surface area contributed by atoms with Crippen molar-refractivity contribution in [3.8, 4) is 11.5 Å². The first-order valence-electron chi connectivity index (χ1n) is 13.7. The van der Waals surface area contributed by atoms with Gasteiger partial charge < -0.3 is 55.1 Å². The lowest BCUT2D eigenvalue weighted by Gasteiger charge is -2.41. The predicted molar refractivity (Wildman–Crippen MR) is 151 cm³/mol. The molecule has 3 aromatic carbocycles. The van der Waals surface area contributed by atoms with E-state index in [1.165, 1.54) is 41.0 Å². The molecule has 2 amide bonds. The zero-order valence-corrected chi connectivity index (χ0v) is 22.7. The van der Waals surface area contributed by atoms with Gasteiger partial charge >= 0.3 is 0 Å². The number of carbonyl (C=O) groups excluding carboxylic acids is 2. The number of aliphatic hydroxyl groups is 6. The minimum absolute atomic E-state index is 0.0787. The number of aromatic hydroxyl groups is 2. The number of H-pyrrole nitrogens is 1. The van der Waals surface area contributed by atoms with Crippen molar-refractivity contribution in [1.29, 1.82) is 0 Å². The number of nitrogens with one attached hydrogen (secondary N) is 1. The van der Waals surface area contributed by atoms with Gasteiger partial charge in [-0.1, -0.05) is 0 Å². The van der Waals surface area contributed by atoms with Crippen molar-refractivity contribution >= 4 is 55.4 Å². The zero-order chi connectivity index (χ0) is 31.2. The first-order chi connectivity index (χ1) is 21.1. The van der Waals surface area contributed by atoms with Gasteiger partial charge in [0.2, 0.25) is 0 Å². The lowest BCUT2D eigenvalue weighted by atomic mass is 9.96. The number of aromatic amines is 1. The summed E-state index contributed by atoms with van der Waals surface area (Å²) in [5, 5.41) is 83.7. The Morgan fingerprint density at radius 3 is 2.14 bits per heavy atom. The third kappa shape index (κ3) is 3.79. The van der Waals surface area contributed by atoms with Crippen LogP contribution in [0.4, 0.5) is 0 Å². The maximum absolute atomic E-state index is 14.0. The van der Waals surface area contributed by atoms with E-state index in [0.29, 0.717) is 21.4 Å². The monoisotopic (exact) mass is 609 g/mol. The number of phenolic OH excluding ortho intramolecular Hbond substituents is 2. The summed E-state index contributed by atoms with van der Waals surface area (Å²) in [4.78, 5) is 36.5. The van der Waals surface area contributed by atoms with Crippen molar-refractivity contribution in [3.63, 3.8) is 0 Å². The predicted octanol–water partition coefficient (Wildman–Crippen LogP) is -0.307. The van der Waals surface area contributed by atoms with Crippen LogP contribution in [0.2, 0.25) is 0 Å². The van der Waals surface area contributed by atoms with Crippen molar-refractivity contribution in [2.75, 3.05) is 19.8 Å². The molecule has 7 rings (SSSR count). The molecule has 5 aromatic rings. The molecule has 0 spiro atoms. The molecule has 15 heteroatoms. The summed E-state index contributed by atoms with van der Waals surface area (Å²) in [6.07, 6.45) is -9.27. The Morgan fingerprint density at radius 2 is 1.48 bits per heavy atom. The number of carbonyl (C=O) groups is 2. The van der Waals surface area contributed by atoms with Crippen LogP contribution in [-0.2, 0) is 9.57 Å². The molecule has 4 heterocycles. The molecular formula is C29H27N3O12. The molecule has 5 unspecified atom stereocenters. The molecular weight excluding hydrogens is 582 g/mol. The number of hydrogen-bond acceptors (Lipinski definition) is 12. The molecule has 0 bridgehead atoms. The number of nitrogens with zero attached hydrogens (tertiary/aromatic N) is 2. The molecule has 2 aliphatic heterocycles. The van der Waals surface area contributed by atoms with E-state index < -0.39 is 68.4 Å². The molecule has 0 radical (unpaired) electrons. The Hall–Kier alpha value is -4.32. The molecule has 1 fully saturated rings. The van der Waals surface area contributed by atoms with E-state index in [1.54, 1.807) is 0 Å². The van der Waals surface area contributed by atoms with Crippen LogP contribution in [0, 0.1) is 0 Å². The standard InChI is InChI=1S/C29H27N3O12/c33-7-12(8-34)44-32-27(41)20-18-13-3-1-10(36)5-15(13)30-22(18)23-19(21(20)28(32)42)14-4-2-11(37)6-16(14)31(23)29-26(40)25(39)24(38)17(9-35)43-29/h1-6,12,17,24-26,29-30,33-40H,7-9H2. The summed E-state index contributed by atoms with van der Waals surface area (Å²) in [5.74, 6) is -2.11. The number of aromatic nitrogens is 2. The van der Waals surface area contributed by atoms with Gasteiger partial charge in [0.1, 0.15) is 42.0 Å². The Bertz CT molecular complexity index is 1990. The maximum Gasteiger partial charge on any atom is 0.286 e. The van der Waals surface area contributed by atoms with E-state index in [0.717, 1.165) is 0 Å². The number of hydrogen-bond donors (Lipinski definition) is 9. The van der Waals surface area contributed by atoms with Gasteiger partial charge in [-0.3, -0.25) is 14.4 Å². The fourth-order valence-electron chi connectivity index (χ4n) is 6.32. The lowest BCUT2D eigenvalue weighted by molar-refractivity contribution is -0.249. The zero-order valence-electron chi connectivity index (χ0n) is 22.7. The van der Waals surface area contributed by atoms with Crippen LogP contribution >= 0.6 is 0 Å². The van der Waals surface area contributed by atoms with Crippen molar-refractivity contribution < 1.29 is 60.0 Å². The minimum atomic E-state index is -1.77. The Kier molecular flexibility index (Phi) is 6.54. The number of amides is 2. The molecule has 0 saturated carbocycles. The van der Waals surface area contributed by atoms with Crippen molar-refractivity contribution in [1.82, 2.24) is 14.6 Å². The van der Waals surface area contributed by atoms with Crippen molar-refractivity contribution in [2.24, 2.45) is 0 Å². The second-order valence-electron chi connectivity index (χ2n) is 10.9. The van der Waals surface area contributed by atoms with Crippen LogP contribution in [0.5, 0.6) is 11.5 Å². The number of imide groups is 1. The van der Waals surface area contributed by atoms with Gasteiger partial charge in [-0.05, 0) is 24.3 Å². The maximum atomic E-state index is 14.0. The number of aliphatic hydroxyl groups excluding tert-OH is 6. The minimum Gasteiger partial charge on any atom is -0.508 e. The second kappa shape index (κ2) is 10.1. The number of phenols is 2. The van der Waals surface area contributed by atoms with E-state index in [9.17, 15) is 50.4 Å². The smallest absolute Gasteiger partial charge is 0.286 e. The highest BCUT2D eigenvalue weighted by Crippen LogP contribution is 2.48. The summed E-state index contributed by atoms with van der Waals surface area (Å²) in [6.45, 7) is -2.11. The summed E-state index contributed by atoms with van der Waals surface area (Å²) in [5.41, 5.74) is 0.791. The van der Waals surface area contributed by atoms with Gasteiger partial charge in [0, 0.05) is 33.7 Å². The third-order valence-electron chi connectivity index (χ3n) is 8.34. The molecule has 9 N–H and O–H groups in total. The molecule has 2 aliphatic rings. The van der Waals surface area contributed by atoms with Crippen LogP contribution < -0.4 is 0 Å². The number of hydroxylamine groups is 2. The van der Waals surface area contributed by atoms with E-state index in [1.807, 2.05) is 0 Å². The van der Waals surface area contributed by atoms with Gasteiger partial charge in [0.25, 0.3) is 11.8 Å². The number of rotatable bonds is 6. The van der Waals surface area contributed by atoms with E-state index in [-0.39, 0.29) is 49.9 Å². The average molecular weight is 610 g/mol. The van der Waals surface area contributed by atoms with Crippen LogP contribution in [0.25, 0.3) is 43.6 Å². The summed E-state index contributed by atoms with van der Waals surface area (Å²) >= 11 is 0. The van der Waals surface area contributed by atoms with Crippen molar-refractivity contribution in [3.05, 3.63) is 47.5 Å². The SMILES string of the molecule is O=C1c2c(c3c4ccc(O)cc4n(C4OC(CO)C(O)C(O)C4O)c3c3[nH]c4cc(O)ccc4c23)C(=O)N1OC(CO)CO. The highest BCUT2D eigenvalue weighted by molar-refractivity contribution is 6.39. The van der Waals surface area contributed by atoms with Crippen molar-refractivity contribution in [2.45, 2.75) is 36.7 Å². The van der Waals surface area contributed by atoms with Crippen LogP contribution in [0.3, 0.4) is 0 Å². The summed E-state index contributed by atoms with van der Waals surface area (Å²) in [6, 6.07) is 8.49. The van der Waals surface area contributed by atoms with Gasteiger partial charge in [-0.25, -0.2) is 0 Å². The highest BCUT2D eigenvalue weighted by Gasteiger charge is 2.47. The fourth-order valence-corrected chi connectivity index (χ4v) is 6.32. The topological polar surface area (TPSA) is 238 Å². The quantitative estimate of drug-likeness (QED) is 0.113. The lowest BCUT2D eigenvalue weighted by Crippen LogP contribution is -2.56. The third-order valence-corrected chi connectivity index (χ3v) is 8.34. The fraction of sp³-hybridized carbons (Fsp3) is 0.310. The van der Waals surface area contributed by atoms with Crippen LogP contribution in [0.15, 0.2) is 36.4 Å². The van der Waals surface area contributed by atoms with Gasteiger partial charge in [-0.15, -0.1) is 5.06 Å². The molecule has 5 atom stereocenters. The number of ether oxygens (including phenoxy) is 1. The largest absolute Gasteiger partial charge is 0.508 e. The van der Waals surface area contributed by atoms with E-state index in [2.05, 4.69) is 4.98 Å². The van der Waals surface area contributed by atoms with Gasteiger partial charge in [0.15, 0.2) is 6.23 Å². The molecule has 230 valence electrons. The Balaban J connectivity index is 1.65. The van der Waals surface area contributed by atoms with Crippen LogP contribution in [0.1, 0.15) is 26.9 Å². The summed E-state index contributed by atoms with van der Waals surface area (Å²) < 4.78 is 7.32. The first-order valence-corrected chi connectivity index (χ1v) is 13.7. The van der Waals surface area contributed by atoms with Crippen LogP contribution in [-0.4, -0.2) is 118 Å². The normalized spacial score (nSPS) is 24.2. The number of benzene rings is 3. The van der Waals surface area contributed by atoms with E-state index in [4.69, 9.17) is 9.57 Å². The highest BCUT2D eigenvalue weighted by atomic mass is 16.7. The first kappa shape index (κ1) is 28.5. The number of fused-ring (bicyclic) bond motifs is 10. The second-order valence-corrected chi connectivity index (χ2v) is 10.9. The molecule has 15 nitrogen and oxygen atoms in total. The van der Waals surface area contributed by atoms with E-state index >= 15 is 0 Å². The van der Waals surface area contributed by atoms with Gasteiger partial charge in [0.05, 0.1) is 53.0 Å². The molecule has 44 heavy (non-hydrogen) atoms. The average Bonchev–Trinajstić information content (AvgIpc) is 3.62. The Labute approximate surface area is 245 Å². The molecule has 1 saturated heterocycles.